The number of ether oxygens (including phenoxy) is 2. The summed E-state index contributed by atoms with van der Waals surface area (Å²) in [4.78, 5) is 11.1. The van der Waals surface area contributed by atoms with Gasteiger partial charge in [-0.05, 0) is 50.3 Å². The van der Waals surface area contributed by atoms with Gasteiger partial charge in [0.05, 0.1) is 13.2 Å². The lowest BCUT2D eigenvalue weighted by Gasteiger charge is -2.07. The van der Waals surface area contributed by atoms with Crippen LogP contribution in [0, 0.1) is 0 Å². The van der Waals surface area contributed by atoms with Crippen LogP contribution in [0.15, 0.2) is 36.4 Å². The maximum Gasteiger partial charge on any atom is 0.333 e. The number of aryl methyl sites for hydroxylation is 1. The highest BCUT2D eigenvalue weighted by atomic mass is 16.5. The van der Waals surface area contributed by atoms with Gasteiger partial charge in [0.15, 0.2) is 0 Å². The van der Waals surface area contributed by atoms with E-state index in [-0.39, 0.29) is 5.97 Å². The highest BCUT2D eigenvalue weighted by Gasteiger charge is 2.02. The summed E-state index contributed by atoms with van der Waals surface area (Å²) in [5.74, 6) is 0.613. The van der Waals surface area contributed by atoms with E-state index in [2.05, 4.69) is 25.6 Å². The minimum absolute atomic E-state index is 0.307. The number of esters is 1. The predicted octanol–water partition coefficient (Wildman–Crippen LogP) is 4.31. The Morgan fingerprint density at radius 2 is 1.76 bits per heavy atom. The molecule has 0 spiro atoms. The predicted molar refractivity (Wildman–Crippen MR) is 85.6 cm³/mol. The van der Waals surface area contributed by atoms with Crippen LogP contribution in [0.5, 0.6) is 5.75 Å². The number of benzene rings is 1. The second kappa shape index (κ2) is 10.0. The van der Waals surface area contributed by atoms with E-state index in [4.69, 9.17) is 9.47 Å². The fourth-order valence-electron chi connectivity index (χ4n) is 1.90. The fourth-order valence-corrected chi connectivity index (χ4v) is 1.90. The second-order valence-electron chi connectivity index (χ2n) is 5.22. The van der Waals surface area contributed by atoms with Crippen LogP contribution in [0.3, 0.4) is 0 Å². The summed E-state index contributed by atoms with van der Waals surface area (Å²) in [6.07, 6.45) is 5.08. The average Bonchev–Trinajstić information content (AvgIpc) is 2.48. The summed E-state index contributed by atoms with van der Waals surface area (Å²) in [5, 5.41) is 0. The van der Waals surface area contributed by atoms with Crippen molar-refractivity contribution in [1.82, 2.24) is 0 Å². The molecule has 0 aliphatic heterocycles. The Morgan fingerprint density at radius 1 is 1.10 bits per heavy atom. The number of hydrogen-bond acceptors (Lipinski definition) is 3. The fraction of sp³-hybridized carbons (Fsp3) is 0.500. The molecule has 3 heteroatoms. The molecule has 0 aliphatic carbocycles. The molecule has 1 aromatic carbocycles. The topological polar surface area (TPSA) is 35.5 Å². The molecule has 0 unspecified atom stereocenters. The molecule has 0 bridgehead atoms. The molecule has 0 saturated carbocycles. The molecule has 0 amide bonds. The van der Waals surface area contributed by atoms with Gasteiger partial charge < -0.3 is 9.47 Å². The number of hydrogen-bond donors (Lipinski definition) is 0. The van der Waals surface area contributed by atoms with Gasteiger partial charge in [0.25, 0.3) is 0 Å². The zero-order valence-corrected chi connectivity index (χ0v) is 13.2. The van der Waals surface area contributed by atoms with Crippen LogP contribution < -0.4 is 4.74 Å². The number of rotatable bonds is 10. The van der Waals surface area contributed by atoms with Gasteiger partial charge in [0, 0.05) is 5.57 Å². The van der Waals surface area contributed by atoms with Crippen LogP contribution in [0.1, 0.15) is 45.1 Å². The van der Waals surface area contributed by atoms with Crippen LogP contribution in [0.25, 0.3) is 0 Å². The first-order valence-corrected chi connectivity index (χ1v) is 7.68. The third-order valence-corrected chi connectivity index (χ3v) is 3.10. The Labute approximate surface area is 128 Å². The summed E-state index contributed by atoms with van der Waals surface area (Å²) in [5.41, 5.74) is 1.80. The average molecular weight is 290 g/mol. The van der Waals surface area contributed by atoms with E-state index in [1.165, 1.54) is 5.56 Å². The molecule has 3 nitrogen and oxygen atoms in total. The van der Waals surface area contributed by atoms with E-state index in [0.717, 1.165) is 37.9 Å². The zero-order valence-electron chi connectivity index (χ0n) is 13.2. The van der Waals surface area contributed by atoms with Gasteiger partial charge in [0.2, 0.25) is 0 Å². The van der Waals surface area contributed by atoms with E-state index in [1.807, 2.05) is 12.1 Å². The first-order chi connectivity index (χ1) is 10.1. The summed E-state index contributed by atoms with van der Waals surface area (Å²) >= 11 is 0. The smallest absolute Gasteiger partial charge is 0.333 e. The van der Waals surface area contributed by atoms with Crippen LogP contribution in [-0.2, 0) is 16.0 Å². The molecule has 0 aromatic heterocycles. The Morgan fingerprint density at radius 3 is 2.38 bits per heavy atom. The van der Waals surface area contributed by atoms with Gasteiger partial charge in [-0.1, -0.05) is 32.1 Å². The van der Waals surface area contributed by atoms with Crippen molar-refractivity contribution in [2.45, 2.75) is 46.0 Å². The molecule has 0 aliphatic rings. The molecular weight excluding hydrogens is 264 g/mol. The first kappa shape index (κ1) is 17.3. The number of carbonyl (C=O) groups is 1. The molecule has 0 fully saturated rings. The SMILES string of the molecule is C=C(C)C(=O)OCCCCCOc1ccc(CCC)cc1. The monoisotopic (exact) mass is 290 g/mol. The third kappa shape index (κ3) is 7.54. The van der Waals surface area contributed by atoms with Gasteiger partial charge in [-0.2, -0.15) is 0 Å². The van der Waals surface area contributed by atoms with E-state index in [9.17, 15) is 4.79 Å². The largest absolute Gasteiger partial charge is 0.494 e. The third-order valence-electron chi connectivity index (χ3n) is 3.10. The molecule has 21 heavy (non-hydrogen) atoms. The van der Waals surface area contributed by atoms with Crippen molar-refractivity contribution in [3.63, 3.8) is 0 Å². The minimum Gasteiger partial charge on any atom is -0.494 e. The molecule has 0 saturated heterocycles. The molecule has 1 aromatic rings. The lowest BCUT2D eigenvalue weighted by atomic mass is 10.1. The molecule has 0 heterocycles. The van der Waals surface area contributed by atoms with Crippen molar-refractivity contribution in [3.8, 4) is 5.75 Å². The van der Waals surface area contributed by atoms with Gasteiger partial charge in [-0.15, -0.1) is 0 Å². The second-order valence-corrected chi connectivity index (χ2v) is 5.22. The van der Waals surface area contributed by atoms with Crippen LogP contribution in [-0.4, -0.2) is 19.2 Å². The molecule has 0 radical (unpaired) electrons. The molecule has 1 rings (SSSR count). The summed E-state index contributed by atoms with van der Waals surface area (Å²) in [6.45, 7) is 8.53. The van der Waals surface area contributed by atoms with Crippen molar-refractivity contribution >= 4 is 5.97 Å². The van der Waals surface area contributed by atoms with Crippen molar-refractivity contribution in [3.05, 3.63) is 42.0 Å². The van der Waals surface area contributed by atoms with Gasteiger partial charge in [-0.3, -0.25) is 0 Å². The van der Waals surface area contributed by atoms with Gasteiger partial charge >= 0.3 is 5.97 Å². The van der Waals surface area contributed by atoms with Gasteiger partial charge in [-0.25, -0.2) is 4.79 Å². The number of carbonyl (C=O) groups excluding carboxylic acids is 1. The summed E-state index contributed by atoms with van der Waals surface area (Å²) in [7, 11) is 0. The molecule has 0 N–H and O–H groups in total. The van der Waals surface area contributed by atoms with Crippen LogP contribution in [0.4, 0.5) is 0 Å². The zero-order chi connectivity index (χ0) is 15.5. The highest BCUT2D eigenvalue weighted by molar-refractivity contribution is 5.86. The minimum atomic E-state index is -0.307. The van der Waals surface area contributed by atoms with Gasteiger partial charge in [0.1, 0.15) is 5.75 Å². The maximum absolute atomic E-state index is 11.1. The van der Waals surface area contributed by atoms with Crippen LogP contribution >= 0.6 is 0 Å². The first-order valence-electron chi connectivity index (χ1n) is 7.68. The van der Waals surface area contributed by atoms with E-state index < -0.39 is 0 Å². The molecule has 0 atom stereocenters. The van der Waals surface area contributed by atoms with E-state index in [1.54, 1.807) is 6.92 Å². The quantitative estimate of drug-likeness (QED) is 0.366. The molecule has 116 valence electrons. The van der Waals surface area contributed by atoms with Crippen LogP contribution in [0.2, 0.25) is 0 Å². The summed E-state index contributed by atoms with van der Waals surface area (Å²) < 4.78 is 10.7. The highest BCUT2D eigenvalue weighted by Crippen LogP contribution is 2.14. The Hall–Kier alpha value is -1.77. The summed E-state index contributed by atoms with van der Waals surface area (Å²) in [6, 6.07) is 8.30. The lowest BCUT2D eigenvalue weighted by molar-refractivity contribution is -0.139. The maximum atomic E-state index is 11.1. The van der Waals surface area contributed by atoms with Crippen molar-refractivity contribution in [2.75, 3.05) is 13.2 Å². The Bertz CT molecular complexity index is 434. The normalized spacial score (nSPS) is 10.2. The van der Waals surface area contributed by atoms with Crippen molar-refractivity contribution in [1.29, 1.82) is 0 Å². The lowest BCUT2D eigenvalue weighted by Crippen LogP contribution is -2.06. The molecular formula is C18H26O3. The van der Waals surface area contributed by atoms with Crippen molar-refractivity contribution < 1.29 is 14.3 Å². The van der Waals surface area contributed by atoms with Crippen molar-refractivity contribution in [2.24, 2.45) is 0 Å². The Balaban J connectivity index is 2.06. The van der Waals surface area contributed by atoms with E-state index >= 15 is 0 Å². The van der Waals surface area contributed by atoms with E-state index in [0.29, 0.717) is 18.8 Å². The standard InChI is InChI=1S/C18H26O3/c1-4-8-16-9-11-17(12-10-16)20-13-6-5-7-14-21-18(19)15(2)3/h9-12H,2,4-8,13-14H2,1,3H3. The Kier molecular flexibility index (Phi) is 8.25. The number of unbranched alkanes of at least 4 members (excludes halogenated alkanes) is 2.